The second-order valence-electron chi connectivity index (χ2n) is 3.63. The maximum Gasteiger partial charge on any atom is 0.222 e. The minimum absolute atomic E-state index is 0.0523. The fourth-order valence-corrected chi connectivity index (χ4v) is 1.36. The maximum absolute atomic E-state index is 10.7. The molecule has 0 fully saturated rings. The van der Waals surface area contributed by atoms with E-state index in [1.807, 2.05) is 0 Å². The van der Waals surface area contributed by atoms with E-state index in [9.17, 15) is 10.1 Å². The lowest BCUT2D eigenvalue weighted by Crippen LogP contribution is -2.38. The van der Waals surface area contributed by atoms with Gasteiger partial charge in [-0.1, -0.05) is 0 Å². The summed E-state index contributed by atoms with van der Waals surface area (Å²) in [6.45, 7) is 2.97. The largest absolute Gasteiger partial charge is 0.396 e. The monoisotopic (exact) mass is 191 g/mol. The predicted molar refractivity (Wildman–Crippen MR) is 48.0 cm³/mol. The van der Waals surface area contributed by atoms with Gasteiger partial charge in [0.05, 0.1) is 6.10 Å². The van der Waals surface area contributed by atoms with E-state index in [2.05, 4.69) is 0 Å². The van der Waals surface area contributed by atoms with Gasteiger partial charge in [0.15, 0.2) is 0 Å². The van der Waals surface area contributed by atoms with E-state index >= 15 is 0 Å². The molecule has 0 aliphatic rings. The summed E-state index contributed by atoms with van der Waals surface area (Å²) in [5.74, 6) is 0. The molecular formula is C8H17NO4. The van der Waals surface area contributed by atoms with Crippen LogP contribution < -0.4 is 0 Å². The molecule has 2 atom stereocenters. The number of aliphatic hydroxyl groups is 2. The topological polar surface area (TPSA) is 83.6 Å². The standard InChI is InChI=1S/C8H17NO4/c1-7(11)6-8(2,9(12)13)4-3-5-10/h7,10-11H,3-6H2,1-2H3. The average molecular weight is 191 g/mol. The SMILES string of the molecule is CC(O)CC(C)(CCCO)[N+](=O)[O-]. The van der Waals surface area contributed by atoms with E-state index < -0.39 is 11.6 Å². The van der Waals surface area contributed by atoms with E-state index in [4.69, 9.17) is 10.2 Å². The molecular weight excluding hydrogens is 174 g/mol. The molecule has 0 spiro atoms. The van der Waals surface area contributed by atoms with Gasteiger partial charge in [-0.15, -0.1) is 0 Å². The Hall–Kier alpha value is -0.680. The van der Waals surface area contributed by atoms with Gasteiger partial charge in [-0.3, -0.25) is 10.1 Å². The van der Waals surface area contributed by atoms with Crippen LogP contribution in [-0.4, -0.2) is 33.4 Å². The molecule has 0 saturated heterocycles. The van der Waals surface area contributed by atoms with E-state index in [0.29, 0.717) is 12.8 Å². The van der Waals surface area contributed by atoms with Crippen molar-refractivity contribution in [3.63, 3.8) is 0 Å². The smallest absolute Gasteiger partial charge is 0.222 e. The molecule has 5 heteroatoms. The molecule has 0 saturated carbocycles. The number of hydrogen-bond acceptors (Lipinski definition) is 4. The van der Waals surface area contributed by atoms with Crippen LogP contribution in [0.1, 0.15) is 33.1 Å². The molecule has 0 heterocycles. The second kappa shape index (κ2) is 5.14. The van der Waals surface area contributed by atoms with Gasteiger partial charge in [-0.25, -0.2) is 0 Å². The minimum Gasteiger partial charge on any atom is -0.396 e. The number of nitro groups is 1. The molecule has 0 aromatic carbocycles. The average Bonchev–Trinajstić information content (AvgIpc) is 1.99. The van der Waals surface area contributed by atoms with Crippen LogP contribution in [0, 0.1) is 10.1 Å². The van der Waals surface area contributed by atoms with Gasteiger partial charge >= 0.3 is 0 Å². The van der Waals surface area contributed by atoms with Crippen LogP contribution in [0.25, 0.3) is 0 Å². The molecule has 0 bridgehead atoms. The third kappa shape index (κ3) is 4.19. The van der Waals surface area contributed by atoms with Crippen molar-refractivity contribution in [3.8, 4) is 0 Å². The highest BCUT2D eigenvalue weighted by atomic mass is 16.6. The zero-order valence-electron chi connectivity index (χ0n) is 8.06. The van der Waals surface area contributed by atoms with Crippen LogP contribution >= 0.6 is 0 Å². The molecule has 78 valence electrons. The lowest BCUT2D eigenvalue weighted by Gasteiger charge is -2.21. The van der Waals surface area contributed by atoms with Gasteiger partial charge in [-0.05, 0) is 13.3 Å². The Labute approximate surface area is 77.5 Å². The van der Waals surface area contributed by atoms with Gasteiger partial charge < -0.3 is 10.2 Å². The zero-order valence-corrected chi connectivity index (χ0v) is 8.06. The second-order valence-corrected chi connectivity index (χ2v) is 3.63. The molecule has 13 heavy (non-hydrogen) atoms. The quantitative estimate of drug-likeness (QED) is 0.474. The van der Waals surface area contributed by atoms with Crippen molar-refractivity contribution in [2.24, 2.45) is 0 Å². The molecule has 0 aromatic heterocycles. The van der Waals surface area contributed by atoms with Crippen LogP contribution in [0.3, 0.4) is 0 Å². The predicted octanol–water partition coefficient (Wildman–Crippen LogP) is 0.565. The van der Waals surface area contributed by atoms with Gasteiger partial charge in [0.1, 0.15) is 0 Å². The summed E-state index contributed by atoms with van der Waals surface area (Å²) in [6, 6.07) is 0. The van der Waals surface area contributed by atoms with E-state index in [1.165, 1.54) is 13.8 Å². The first-order valence-electron chi connectivity index (χ1n) is 4.36. The van der Waals surface area contributed by atoms with Crippen molar-refractivity contribution < 1.29 is 15.1 Å². The van der Waals surface area contributed by atoms with Crippen molar-refractivity contribution in [2.75, 3.05) is 6.61 Å². The molecule has 0 rings (SSSR count). The van der Waals surface area contributed by atoms with Gasteiger partial charge in [-0.2, -0.15) is 0 Å². The molecule has 0 amide bonds. The van der Waals surface area contributed by atoms with Gasteiger partial charge in [0.2, 0.25) is 5.54 Å². The molecule has 2 N–H and O–H groups in total. The zero-order chi connectivity index (χ0) is 10.5. The number of hydrogen-bond donors (Lipinski definition) is 2. The van der Waals surface area contributed by atoms with Crippen LogP contribution in [0.2, 0.25) is 0 Å². The van der Waals surface area contributed by atoms with Crippen molar-refractivity contribution in [2.45, 2.75) is 44.8 Å². The molecule has 5 nitrogen and oxygen atoms in total. The Morgan fingerprint density at radius 2 is 2.15 bits per heavy atom. The van der Waals surface area contributed by atoms with Crippen LogP contribution in [0.5, 0.6) is 0 Å². The highest BCUT2D eigenvalue weighted by molar-refractivity contribution is 4.75. The Balaban J connectivity index is 4.25. The summed E-state index contributed by atoms with van der Waals surface area (Å²) in [6.07, 6.45) is 0.125. The molecule has 0 aliphatic carbocycles. The third-order valence-electron chi connectivity index (χ3n) is 2.05. The van der Waals surface area contributed by atoms with Crippen LogP contribution in [0.15, 0.2) is 0 Å². The van der Waals surface area contributed by atoms with Gasteiger partial charge in [0.25, 0.3) is 0 Å². The maximum atomic E-state index is 10.7. The number of rotatable bonds is 6. The number of nitrogens with zero attached hydrogens (tertiary/aromatic N) is 1. The Bertz CT molecular complexity index is 172. The normalized spacial score (nSPS) is 17.8. The minimum atomic E-state index is -1.11. The Kier molecular flexibility index (Phi) is 4.87. The summed E-state index contributed by atoms with van der Waals surface area (Å²) in [5.41, 5.74) is -1.11. The van der Waals surface area contributed by atoms with Gasteiger partial charge in [0, 0.05) is 31.3 Å². The lowest BCUT2D eigenvalue weighted by molar-refractivity contribution is -0.569. The highest BCUT2D eigenvalue weighted by Crippen LogP contribution is 2.22. The highest BCUT2D eigenvalue weighted by Gasteiger charge is 2.37. The summed E-state index contributed by atoms with van der Waals surface area (Å²) in [4.78, 5) is 10.3. The Morgan fingerprint density at radius 1 is 1.62 bits per heavy atom. The van der Waals surface area contributed by atoms with Crippen LogP contribution in [-0.2, 0) is 0 Å². The van der Waals surface area contributed by atoms with Crippen molar-refractivity contribution >= 4 is 0 Å². The summed E-state index contributed by atoms with van der Waals surface area (Å²) in [7, 11) is 0. The first kappa shape index (κ1) is 12.3. The summed E-state index contributed by atoms with van der Waals surface area (Å²) >= 11 is 0. The van der Waals surface area contributed by atoms with Crippen LogP contribution in [0.4, 0.5) is 0 Å². The molecule has 0 radical (unpaired) electrons. The lowest BCUT2D eigenvalue weighted by atomic mass is 9.90. The molecule has 2 unspecified atom stereocenters. The fraction of sp³-hybridized carbons (Fsp3) is 1.00. The first-order chi connectivity index (χ1) is 5.92. The third-order valence-corrected chi connectivity index (χ3v) is 2.05. The van der Waals surface area contributed by atoms with E-state index in [1.54, 1.807) is 0 Å². The van der Waals surface area contributed by atoms with Crippen molar-refractivity contribution in [1.29, 1.82) is 0 Å². The molecule has 0 aliphatic heterocycles. The first-order valence-corrected chi connectivity index (χ1v) is 4.36. The van der Waals surface area contributed by atoms with E-state index in [0.717, 1.165) is 0 Å². The fourth-order valence-electron chi connectivity index (χ4n) is 1.36. The summed E-state index contributed by atoms with van der Waals surface area (Å²) in [5, 5.41) is 28.3. The number of aliphatic hydroxyl groups excluding tert-OH is 2. The summed E-state index contributed by atoms with van der Waals surface area (Å²) < 4.78 is 0. The van der Waals surface area contributed by atoms with E-state index in [-0.39, 0.29) is 18.0 Å². The Morgan fingerprint density at radius 3 is 2.46 bits per heavy atom. The van der Waals surface area contributed by atoms with Crippen molar-refractivity contribution in [3.05, 3.63) is 10.1 Å². The molecule has 0 aromatic rings. The van der Waals surface area contributed by atoms with Crippen molar-refractivity contribution in [1.82, 2.24) is 0 Å².